The fourth-order valence-electron chi connectivity index (χ4n) is 4.76. The molecule has 3 aromatic rings. The molecule has 2 atom stereocenters. The highest BCUT2D eigenvalue weighted by molar-refractivity contribution is 5.85. The molecule has 0 fully saturated rings. The number of benzene rings is 2. The molecule has 3 heterocycles. The Kier molecular flexibility index (Phi) is 10.4. The number of carboxylic acid groups (broad SMARTS) is 1. The van der Waals surface area contributed by atoms with Crippen LogP contribution in [0.2, 0.25) is 0 Å². The second kappa shape index (κ2) is 14.7. The number of rotatable bonds is 13. The minimum atomic E-state index is -4.81. The van der Waals surface area contributed by atoms with Gasteiger partial charge >= 0.3 is 12.1 Å². The Morgan fingerprint density at radius 3 is 2.52 bits per heavy atom. The van der Waals surface area contributed by atoms with E-state index in [1.54, 1.807) is 6.92 Å². The number of nitrogens with zero attached hydrogens (tertiary/aromatic N) is 5. The average Bonchev–Trinajstić information content (AvgIpc) is 3.72. The second-order valence-corrected chi connectivity index (χ2v) is 10.9. The maximum atomic E-state index is 14.5. The van der Waals surface area contributed by atoms with Gasteiger partial charge in [-0.1, -0.05) is 18.1 Å². The molecular formula is C32H28F5N7O6. The van der Waals surface area contributed by atoms with Crippen LogP contribution in [-0.4, -0.2) is 67.0 Å². The van der Waals surface area contributed by atoms with Crippen molar-refractivity contribution in [2.24, 2.45) is 0 Å². The van der Waals surface area contributed by atoms with E-state index in [0.717, 1.165) is 28.9 Å². The summed E-state index contributed by atoms with van der Waals surface area (Å²) in [4.78, 5) is 45.2. The number of amides is 2. The van der Waals surface area contributed by atoms with Crippen LogP contribution in [0.4, 0.5) is 22.0 Å². The molecule has 2 aliphatic heterocycles. The Labute approximate surface area is 279 Å². The normalized spacial score (nSPS) is 12.8. The molecule has 2 unspecified atom stereocenters. The van der Waals surface area contributed by atoms with Crippen LogP contribution in [-0.2, 0) is 20.6 Å². The number of carboxylic acids is 1. The first-order chi connectivity index (χ1) is 23.8. The van der Waals surface area contributed by atoms with Gasteiger partial charge in [0.15, 0.2) is 29.3 Å². The molecule has 0 bridgehead atoms. The fourth-order valence-corrected chi connectivity index (χ4v) is 4.76. The Hall–Kier alpha value is -5.94. The highest BCUT2D eigenvalue weighted by Gasteiger charge is 2.36. The van der Waals surface area contributed by atoms with E-state index in [9.17, 15) is 36.3 Å². The molecule has 18 heteroatoms. The molecule has 2 aliphatic rings. The van der Waals surface area contributed by atoms with E-state index in [1.807, 2.05) is 0 Å². The predicted octanol–water partition coefficient (Wildman–Crippen LogP) is 4.87. The van der Waals surface area contributed by atoms with Crippen molar-refractivity contribution in [1.29, 1.82) is 0 Å². The summed E-state index contributed by atoms with van der Waals surface area (Å²) >= 11 is 0. The number of hydrogen-bond donors (Lipinski definition) is 3. The van der Waals surface area contributed by atoms with Crippen molar-refractivity contribution >= 4 is 17.8 Å². The van der Waals surface area contributed by atoms with Gasteiger partial charge in [0.05, 0.1) is 30.1 Å². The monoisotopic (exact) mass is 701 g/mol. The van der Waals surface area contributed by atoms with Crippen LogP contribution in [0.5, 0.6) is 5.75 Å². The first-order valence-corrected chi connectivity index (χ1v) is 15.0. The summed E-state index contributed by atoms with van der Waals surface area (Å²) in [5.41, 5.74) is -1.71. The Morgan fingerprint density at radius 2 is 1.80 bits per heavy atom. The summed E-state index contributed by atoms with van der Waals surface area (Å²) in [6, 6.07) is 5.18. The quantitative estimate of drug-likeness (QED) is 0.144. The van der Waals surface area contributed by atoms with Gasteiger partial charge in [-0.15, -0.1) is 0 Å². The van der Waals surface area contributed by atoms with Gasteiger partial charge in [0.2, 0.25) is 5.91 Å². The van der Waals surface area contributed by atoms with Crippen molar-refractivity contribution in [3.05, 3.63) is 77.8 Å². The average molecular weight is 702 g/mol. The standard InChI is InChI=1S/C32H28F5N7O6/c1-3-11-49-17-7-8-18(20(12-17)32(35,36)37)22-13-25(50-43-22)28(30(46)38-10-9-26(45)40-16(2)31(47)48)44-15-24-23(14-39-44)41-29(42-24)19-5-4-6-21(33)27(19)34/h4-8,12-16,28H,3,9-11H2,1-2H3,(H,38,46)(H,40,45)(H,47,48). The molecule has 1 aromatic heterocycles. The van der Waals surface area contributed by atoms with Crippen LogP contribution in [0.15, 0.2) is 59.4 Å². The van der Waals surface area contributed by atoms with Crippen molar-refractivity contribution in [2.75, 3.05) is 13.2 Å². The number of hydrogen-bond acceptors (Lipinski definition) is 9. The molecule has 5 rings (SSSR count). The number of alkyl halides is 3. The van der Waals surface area contributed by atoms with E-state index in [1.165, 1.54) is 37.5 Å². The molecule has 50 heavy (non-hydrogen) atoms. The van der Waals surface area contributed by atoms with Gasteiger partial charge in [0.1, 0.15) is 28.9 Å². The van der Waals surface area contributed by atoms with Crippen molar-refractivity contribution in [1.82, 2.24) is 35.5 Å². The van der Waals surface area contributed by atoms with E-state index in [2.05, 4.69) is 30.9 Å². The first-order valence-electron chi connectivity index (χ1n) is 15.0. The molecule has 3 N–H and O–H groups in total. The molecular weight excluding hydrogens is 673 g/mol. The lowest BCUT2D eigenvalue weighted by Crippen LogP contribution is -2.41. The van der Waals surface area contributed by atoms with Crippen LogP contribution in [0.25, 0.3) is 34.0 Å². The topological polar surface area (TPSA) is 174 Å². The van der Waals surface area contributed by atoms with Crippen LogP contribution in [0.3, 0.4) is 0 Å². The Morgan fingerprint density at radius 1 is 1.04 bits per heavy atom. The van der Waals surface area contributed by atoms with E-state index in [4.69, 9.17) is 14.4 Å². The largest absolute Gasteiger partial charge is 0.494 e. The molecule has 13 nitrogen and oxygen atoms in total. The lowest BCUT2D eigenvalue weighted by atomic mass is 10.0. The third kappa shape index (κ3) is 7.85. The van der Waals surface area contributed by atoms with Crippen molar-refractivity contribution in [3.63, 3.8) is 0 Å². The van der Waals surface area contributed by atoms with Crippen LogP contribution in [0, 0.1) is 11.6 Å². The molecule has 0 radical (unpaired) electrons. The van der Waals surface area contributed by atoms with Crippen LogP contribution < -0.4 is 15.4 Å². The minimum Gasteiger partial charge on any atom is -0.494 e. The number of carbonyl (C=O) groups is 3. The van der Waals surface area contributed by atoms with Gasteiger partial charge in [0.25, 0.3) is 5.91 Å². The molecule has 2 amide bonds. The van der Waals surface area contributed by atoms with Gasteiger partial charge in [-0.2, -0.15) is 18.3 Å². The smallest absolute Gasteiger partial charge is 0.417 e. The number of imidazole rings is 1. The highest BCUT2D eigenvalue weighted by Crippen LogP contribution is 2.40. The summed E-state index contributed by atoms with van der Waals surface area (Å²) in [6.07, 6.45) is -2.16. The summed E-state index contributed by atoms with van der Waals surface area (Å²) in [6.45, 7) is 2.97. The van der Waals surface area contributed by atoms with E-state index >= 15 is 0 Å². The summed E-state index contributed by atoms with van der Waals surface area (Å²) < 4.78 is 82.5. The first kappa shape index (κ1) is 35.4. The molecule has 2 aromatic carbocycles. The summed E-state index contributed by atoms with van der Waals surface area (Å²) in [7, 11) is 0. The van der Waals surface area contributed by atoms with Gasteiger partial charge < -0.3 is 25.0 Å². The highest BCUT2D eigenvalue weighted by atomic mass is 19.4. The zero-order valence-electron chi connectivity index (χ0n) is 26.3. The summed E-state index contributed by atoms with van der Waals surface area (Å²) in [5, 5.41) is 21.7. The second-order valence-electron chi connectivity index (χ2n) is 10.9. The molecule has 0 saturated carbocycles. The van der Waals surface area contributed by atoms with Gasteiger partial charge in [-0.25, -0.2) is 18.7 Å². The van der Waals surface area contributed by atoms with Crippen LogP contribution >= 0.6 is 0 Å². The van der Waals surface area contributed by atoms with Gasteiger partial charge in [0, 0.05) is 24.6 Å². The fraction of sp³-hybridized carbons (Fsp3) is 0.281. The van der Waals surface area contributed by atoms with Crippen molar-refractivity contribution in [2.45, 2.75) is 44.9 Å². The maximum absolute atomic E-state index is 14.5. The molecule has 0 spiro atoms. The number of aliphatic carboxylic acids is 1. The Balaban J connectivity index is 1.50. The van der Waals surface area contributed by atoms with Gasteiger partial charge in [-0.3, -0.25) is 19.1 Å². The summed E-state index contributed by atoms with van der Waals surface area (Å²) in [5.74, 6) is -5.55. The minimum absolute atomic E-state index is 0.00737. The maximum Gasteiger partial charge on any atom is 0.417 e. The zero-order valence-corrected chi connectivity index (χ0v) is 26.3. The number of fused-ring (bicyclic) bond motifs is 1. The SMILES string of the molecule is CCCOc1ccc(-c2cc(C(C(=O)NCCC(=O)NC(C)C(=O)O)n3cc4nc(-c5cccc(F)c5F)nc-4cn3)on2)c(C(F)(F)F)c1. The van der Waals surface area contributed by atoms with Crippen molar-refractivity contribution < 1.29 is 50.7 Å². The molecule has 0 aliphatic carbocycles. The molecule has 0 saturated heterocycles. The number of halogens is 5. The molecule has 262 valence electrons. The van der Waals surface area contributed by atoms with E-state index in [0.29, 0.717) is 6.42 Å². The third-order valence-corrected chi connectivity index (χ3v) is 7.23. The zero-order chi connectivity index (χ0) is 36.2. The van der Waals surface area contributed by atoms with Crippen molar-refractivity contribution in [3.8, 4) is 39.8 Å². The lowest BCUT2D eigenvalue weighted by molar-refractivity contribution is -0.141. The van der Waals surface area contributed by atoms with E-state index < -0.39 is 53.2 Å². The number of ether oxygens (including phenoxy) is 1. The third-order valence-electron chi connectivity index (χ3n) is 7.23. The number of carbonyl (C=O) groups excluding carboxylic acids is 2. The number of aromatic nitrogens is 5. The lowest BCUT2D eigenvalue weighted by Gasteiger charge is -2.17. The number of nitrogens with one attached hydrogen (secondary N) is 2. The predicted molar refractivity (Wildman–Crippen MR) is 164 cm³/mol. The van der Waals surface area contributed by atoms with E-state index in [-0.39, 0.29) is 65.1 Å². The Bertz CT molecular complexity index is 2000. The van der Waals surface area contributed by atoms with Gasteiger partial charge in [-0.05, 0) is 43.7 Å². The van der Waals surface area contributed by atoms with Crippen LogP contribution in [0.1, 0.15) is 44.1 Å².